The second-order valence-corrected chi connectivity index (χ2v) is 7.72. The van der Waals surface area contributed by atoms with Crippen molar-refractivity contribution in [2.45, 2.75) is 83.7 Å². The van der Waals surface area contributed by atoms with E-state index in [2.05, 4.69) is 42.7 Å². The van der Waals surface area contributed by atoms with Crippen LogP contribution in [0.1, 0.15) is 70.8 Å². The molecule has 122 valence electrons. The van der Waals surface area contributed by atoms with Crippen molar-refractivity contribution in [1.29, 1.82) is 0 Å². The van der Waals surface area contributed by atoms with Crippen LogP contribution in [0.3, 0.4) is 0 Å². The predicted octanol–water partition coefficient (Wildman–Crippen LogP) is 5.59. The SMILES string of the molecule is CC(C)Cc1ccc(NC2CCCC2)cc1NC1CCCC1. The van der Waals surface area contributed by atoms with Crippen molar-refractivity contribution in [3.63, 3.8) is 0 Å². The van der Waals surface area contributed by atoms with Crippen molar-refractivity contribution >= 4 is 11.4 Å². The highest BCUT2D eigenvalue weighted by atomic mass is 14.9. The number of nitrogens with one attached hydrogen (secondary N) is 2. The molecule has 1 aromatic carbocycles. The van der Waals surface area contributed by atoms with Crippen LogP contribution >= 0.6 is 0 Å². The third-order valence-electron chi connectivity index (χ3n) is 5.18. The van der Waals surface area contributed by atoms with Crippen LogP contribution in [-0.2, 0) is 6.42 Å². The molecule has 2 saturated carbocycles. The molecular weight excluding hydrogens is 268 g/mol. The molecule has 0 aliphatic heterocycles. The summed E-state index contributed by atoms with van der Waals surface area (Å²) in [4.78, 5) is 0. The Bertz CT molecular complexity index is 469. The Morgan fingerprint density at radius 3 is 2.09 bits per heavy atom. The van der Waals surface area contributed by atoms with Gasteiger partial charge in [0.15, 0.2) is 0 Å². The van der Waals surface area contributed by atoms with Crippen LogP contribution < -0.4 is 10.6 Å². The first kappa shape index (κ1) is 15.7. The van der Waals surface area contributed by atoms with E-state index >= 15 is 0 Å². The van der Waals surface area contributed by atoms with Crippen LogP contribution in [0.5, 0.6) is 0 Å². The molecule has 2 aliphatic carbocycles. The van der Waals surface area contributed by atoms with Crippen LogP contribution in [0.25, 0.3) is 0 Å². The van der Waals surface area contributed by atoms with Gasteiger partial charge in [-0.15, -0.1) is 0 Å². The summed E-state index contributed by atoms with van der Waals surface area (Å²) in [5, 5.41) is 7.59. The van der Waals surface area contributed by atoms with Crippen molar-refractivity contribution in [2.75, 3.05) is 10.6 Å². The minimum absolute atomic E-state index is 0.688. The van der Waals surface area contributed by atoms with Crippen molar-refractivity contribution < 1.29 is 0 Å². The fraction of sp³-hybridized carbons (Fsp3) is 0.700. The number of hydrogen-bond acceptors (Lipinski definition) is 2. The molecule has 0 atom stereocenters. The quantitative estimate of drug-likeness (QED) is 0.715. The lowest BCUT2D eigenvalue weighted by Gasteiger charge is -2.21. The molecule has 0 spiro atoms. The van der Waals surface area contributed by atoms with Gasteiger partial charge in [-0.1, -0.05) is 45.6 Å². The average molecular weight is 300 g/mol. The van der Waals surface area contributed by atoms with E-state index in [9.17, 15) is 0 Å². The van der Waals surface area contributed by atoms with E-state index < -0.39 is 0 Å². The summed E-state index contributed by atoms with van der Waals surface area (Å²) in [6, 6.07) is 8.38. The largest absolute Gasteiger partial charge is 0.382 e. The Hall–Kier alpha value is -1.18. The van der Waals surface area contributed by atoms with Gasteiger partial charge in [-0.05, 0) is 55.7 Å². The van der Waals surface area contributed by atoms with Crippen LogP contribution in [0.2, 0.25) is 0 Å². The van der Waals surface area contributed by atoms with Gasteiger partial charge in [0, 0.05) is 23.5 Å². The highest BCUT2D eigenvalue weighted by Gasteiger charge is 2.18. The normalized spacial score (nSPS) is 20.0. The summed E-state index contributed by atoms with van der Waals surface area (Å²) in [7, 11) is 0. The molecule has 0 bridgehead atoms. The standard InChI is InChI=1S/C20H32N2/c1-15(2)13-16-11-12-19(21-17-7-3-4-8-17)14-20(16)22-18-9-5-6-10-18/h11-12,14-15,17-18,21-22H,3-10,13H2,1-2H3. The topological polar surface area (TPSA) is 24.1 Å². The molecule has 0 radical (unpaired) electrons. The minimum atomic E-state index is 0.688. The molecule has 0 aromatic heterocycles. The number of hydrogen-bond donors (Lipinski definition) is 2. The van der Waals surface area contributed by atoms with E-state index in [-0.39, 0.29) is 0 Å². The second kappa shape index (κ2) is 7.39. The minimum Gasteiger partial charge on any atom is -0.382 e. The Morgan fingerprint density at radius 1 is 0.909 bits per heavy atom. The zero-order valence-corrected chi connectivity index (χ0v) is 14.3. The Balaban J connectivity index is 1.74. The number of anilines is 2. The van der Waals surface area contributed by atoms with Crippen LogP contribution in [0.15, 0.2) is 18.2 Å². The molecule has 3 rings (SSSR count). The van der Waals surface area contributed by atoms with E-state index in [4.69, 9.17) is 0 Å². The Morgan fingerprint density at radius 2 is 1.50 bits per heavy atom. The van der Waals surface area contributed by atoms with Gasteiger partial charge < -0.3 is 10.6 Å². The van der Waals surface area contributed by atoms with E-state index in [1.54, 1.807) is 0 Å². The first-order valence-corrected chi connectivity index (χ1v) is 9.36. The summed E-state index contributed by atoms with van der Waals surface area (Å²) in [5.74, 6) is 0.706. The molecule has 2 aliphatic rings. The van der Waals surface area contributed by atoms with E-state index in [1.807, 2.05) is 0 Å². The van der Waals surface area contributed by atoms with Crippen molar-refractivity contribution in [1.82, 2.24) is 0 Å². The zero-order valence-electron chi connectivity index (χ0n) is 14.3. The maximum absolute atomic E-state index is 3.84. The molecule has 0 heterocycles. The fourth-order valence-corrected chi connectivity index (χ4v) is 4.01. The van der Waals surface area contributed by atoms with Gasteiger partial charge in [-0.25, -0.2) is 0 Å². The molecule has 2 nitrogen and oxygen atoms in total. The van der Waals surface area contributed by atoms with Gasteiger partial charge in [-0.3, -0.25) is 0 Å². The zero-order chi connectivity index (χ0) is 15.4. The van der Waals surface area contributed by atoms with Gasteiger partial charge in [0.2, 0.25) is 0 Å². The highest BCUT2D eigenvalue weighted by Crippen LogP contribution is 2.30. The summed E-state index contributed by atoms with van der Waals surface area (Å²) >= 11 is 0. The second-order valence-electron chi connectivity index (χ2n) is 7.72. The molecular formula is C20H32N2. The molecule has 0 unspecified atom stereocenters. The lowest BCUT2D eigenvalue weighted by Crippen LogP contribution is -2.18. The van der Waals surface area contributed by atoms with Crippen molar-refractivity contribution in [3.05, 3.63) is 23.8 Å². The number of benzene rings is 1. The van der Waals surface area contributed by atoms with Gasteiger partial charge in [0.05, 0.1) is 0 Å². The number of rotatable bonds is 6. The molecule has 22 heavy (non-hydrogen) atoms. The highest BCUT2D eigenvalue weighted by molar-refractivity contribution is 5.62. The van der Waals surface area contributed by atoms with Crippen LogP contribution in [-0.4, -0.2) is 12.1 Å². The van der Waals surface area contributed by atoms with Gasteiger partial charge in [0.25, 0.3) is 0 Å². The molecule has 1 aromatic rings. The first-order valence-electron chi connectivity index (χ1n) is 9.36. The van der Waals surface area contributed by atoms with Crippen LogP contribution in [0.4, 0.5) is 11.4 Å². The van der Waals surface area contributed by atoms with E-state index in [0.29, 0.717) is 18.0 Å². The molecule has 2 heteroatoms. The van der Waals surface area contributed by atoms with Gasteiger partial charge >= 0.3 is 0 Å². The van der Waals surface area contributed by atoms with Gasteiger partial charge in [-0.2, -0.15) is 0 Å². The predicted molar refractivity (Wildman–Crippen MR) is 96.7 cm³/mol. The van der Waals surface area contributed by atoms with Crippen LogP contribution in [0, 0.1) is 5.92 Å². The lowest BCUT2D eigenvalue weighted by atomic mass is 10.00. The smallest absolute Gasteiger partial charge is 0.0395 e. The molecule has 2 N–H and O–H groups in total. The Labute approximate surface area is 136 Å². The maximum atomic E-state index is 3.84. The summed E-state index contributed by atoms with van der Waals surface area (Å²) in [6.07, 6.45) is 12.0. The monoisotopic (exact) mass is 300 g/mol. The average Bonchev–Trinajstić information content (AvgIpc) is 3.15. The summed E-state index contributed by atoms with van der Waals surface area (Å²) in [6.45, 7) is 4.62. The Kier molecular flexibility index (Phi) is 5.28. The van der Waals surface area contributed by atoms with Gasteiger partial charge in [0.1, 0.15) is 0 Å². The van der Waals surface area contributed by atoms with Crippen molar-refractivity contribution in [2.24, 2.45) is 5.92 Å². The first-order chi connectivity index (χ1) is 10.7. The summed E-state index contributed by atoms with van der Waals surface area (Å²) < 4.78 is 0. The third-order valence-corrected chi connectivity index (χ3v) is 5.18. The lowest BCUT2D eigenvalue weighted by molar-refractivity contribution is 0.646. The van der Waals surface area contributed by atoms with Crippen molar-refractivity contribution in [3.8, 4) is 0 Å². The summed E-state index contributed by atoms with van der Waals surface area (Å²) in [5.41, 5.74) is 4.17. The maximum Gasteiger partial charge on any atom is 0.0395 e. The van der Waals surface area contributed by atoms with E-state index in [1.165, 1.54) is 74.7 Å². The fourth-order valence-electron chi connectivity index (χ4n) is 4.01. The third kappa shape index (κ3) is 4.18. The molecule has 0 saturated heterocycles. The molecule has 0 amide bonds. The van der Waals surface area contributed by atoms with E-state index in [0.717, 1.165) is 0 Å². The molecule has 2 fully saturated rings.